The van der Waals surface area contributed by atoms with E-state index in [1.165, 1.54) is 0 Å². The Balaban J connectivity index is 1.94. The number of ether oxygens (including phenoxy) is 1. The third-order valence-electron chi connectivity index (χ3n) is 3.26. The molecule has 0 amide bonds. The monoisotopic (exact) mass is 286 g/mol. The molecule has 1 N–H and O–H groups in total. The minimum absolute atomic E-state index is 0.0994. The number of anilines is 1. The van der Waals surface area contributed by atoms with Crippen LogP contribution in [0.5, 0.6) is 0 Å². The normalized spacial score (nSPS) is 12.7. The van der Waals surface area contributed by atoms with E-state index in [-0.39, 0.29) is 6.04 Å². The zero-order chi connectivity index (χ0) is 14.8. The molecule has 0 aliphatic heterocycles. The van der Waals surface area contributed by atoms with Crippen molar-refractivity contribution in [3.8, 4) is 0 Å². The Morgan fingerprint density at radius 1 is 1.38 bits per heavy atom. The van der Waals surface area contributed by atoms with E-state index < -0.39 is 0 Å². The zero-order valence-corrected chi connectivity index (χ0v) is 12.3. The van der Waals surface area contributed by atoms with E-state index in [0.717, 1.165) is 28.5 Å². The summed E-state index contributed by atoms with van der Waals surface area (Å²) in [5.74, 6) is 2.46. The Kier molecular flexibility index (Phi) is 3.62. The molecule has 0 saturated heterocycles. The fraction of sp³-hybridized carbons (Fsp3) is 0.333. The van der Waals surface area contributed by atoms with Gasteiger partial charge in [0, 0.05) is 19.5 Å². The molecule has 6 nitrogen and oxygen atoms in total. The molecule has 1 atom stereocenters. The number of hydrogen-bond donors (Lipinski definition) is 1. The molecule has 0 radical (unpaired) electrons. The molecular weight excluding hydrogens is 268 g/mol. The third kappa shape index (κ3) is 2.75. The molecule has 0 saturated carbocycles. The molecular formula is C15H18N4O2. The van der Waals surface area contributed by atoms with Crippen molar-refractivity contribution in [1.82, 2.24) is 14.6 Å². The van der Waals surface area contributed by atoms with Crippen molar-refractivity contribution in [2.75, 3.05) is 19.0 Å². The number of furan rings is 1. The molecule has 0 aromatic carbocycles. The van der Waals surface area contributed by atoms with Crippen molar-refractivity contribution in [1.29, 1.82) is 0 Å². The lowest BCUT2D eigenvalue weighted by Gasteiger charge is -2.16. The van der Waals surface area contributed by atoms with Gasteiger partial charge < -0.3 is 14.5 Å². The van der Waals surface area contributed by atoms with Crippen LogP contribution in [0.2, 0.25) is 0 Å². The highest BCUT2D eigenvalue weighted by molar-refractivity contribution is 5.68. The molecule has 1 unspecified atom stereocenters. The SMILES string of the molecule is COCC(Nc1nccn2nc(C)cc12)c1ccc(C)o1. The van der Waals surface area contributed by atoms with Gasteiger partial charge in [0.05, 0.1) is 12.3 Å². The van der Waals surface area contributed by atoms with Crippen LogP contribution in [0.3, 0.4) is 0 Å². The molecule has 3 rings (SSSR count). The zero-order valence-electron chi connectivity index (χ0n) is 12.3. The summed E-state index contributed by atoms with van der Waals surface area (Å²) in [4.78, 5) is 4.41. The number of aromatic nitrogens is 3. The second-order valence-electron chi connectivity index (χ2n) is 4.99. The average Bonchev–Trinajstić information content (AvgIpc) is 3.04. The van der Waals surface area contributed by atoms with Crippen LogP contribution < -0.4 is 5.32 Å². The van der Waals surface area contributed by atoms with Crippen LogP contribution in [0.1, 0.15) is 23.3 Å². The number of fused-ring (bicyclic) bond motifs is 1. The fourth-order valence-corrected chi connectivity index (χ4v) is 2.32. The molecule has 3 aromatic heterocycles. The topological polar surface area (TPSA) is 64.6 Å². The molecule has 0 aliphatic carbocycles. The molecule has 110 valence electrons. The standard InChI is InChI=1S/C15H18N4O2/c1-10-8-13-15(16-6-7-19(13)18-10)17-12(9-20-3)14-5-4-11(2)21-14/h4-8,12H,9H2,1-3H3,(H,16,17). The van der Waals surface area contributed by atoms with Crippen LogP contribution >= 0.6 is 0 Å². The van der Waals surface area contributed by atoms with Crippen LogP contribution in [0.25, 0.3) is 5.52 Å². The number of nitrogens with zero attached hydrogens (tertiary/aromatic N) is 3. The second-order valence-corrected chi connectivity index (χ2v) is 4.99. The van der Waals surface area contributed by atoms with Crippen LogP contribution in [-0.4, -0.2) is 28.3 Å². The van der Waals surface area contributed by atoms with E-state index in [4.69, 9.17) is 9.15 Å². The third-order valence-corrected chi connectivity index (χ3v) is 3.26. The van der Waals surface area contributed by atoms with Gasteiger partial charge in [-0.05, 0) is 32.0 Å². The van der Waals surface area contributed by atoms with Crippen LogP contribution in [0.15, 0.2) is 35.0 Å². The highest BCUT2D eigenvalue weighted by atomic mass is 16.5. The number of nitrogens with one attached hydrogen (secondary N) is 1. The Morgan fingerprint density at radius 3 is 2.95 bits per heavy atom. The van der Waals surface area contributed by atoms with Crippen LogP contribution in [0, 0.1) is 13.8 Å². The number of hydrogen-bond acceptors (Lipinski definition) is 5. The summed E-state index contributed by atoms with van der Waals surface area (Å²) in [5, 5.41) is 7.76. The summed E-state index contributed by atoms with van der Waals surface area (Å²) in [6, 6.07) is 5.79. The summed E-state index contributed by atoms with van der Waals surface area (Å²) in [6.45, 7) is 4.37. The van der Waals surface area contributed by atoms with Crippen molar-refractivity contribution < 1.29 is 9.15 Å². The van der Waals surface area contributed by atoms with E-state index >= 15 is 0 Å². The molecule has 3 heterocycles. The molecule has 21 heavy (non-hydrogen) atoms. The predicted molar refractivity (Wildman–Crippen MR) is 79.4 cm³/mol. The fourth-order valence-electron chi connectivity index (χ4n) is 2.32. The lowest BCUT2D eigenvalue weighted by Crippen LogP contribution is -2.17. The van der Waals surface area contributed by atoms with Crippen LogP contribution in [-0.2, 0) is 4.74 Å². The van der Waals surface area contributed by atoms with Gasteiger partial charge in [-0.15, -0.1) is 0 Å². The van der Waals surface area contributed by atoms with E-state index in [9.17, 15) is 0 Å². The van der Waals surface area contributed by atoms with Gasteiger partial charge in [0.1, 0.15) is 23.1 Å². The minimum Gasteiger partial charge on any atom is -0.464 e. The van der Waals surface area contributed by atoms with E-state index in [1.807, 2.05) is 42.8 Å². The van der Waals surface area contributed by atoms with Crippen molar-refractivity contribution in [3.05, 3.63) is 47.8 Å². The van der Waals surface area contributed by atoms with Gasteiger partial charge in [0.15, 0.2) is 5.82 Å². The average molecular weight is 286 g/mol. The highest BCUT2D eigenvalue weighted by Crippen LogP contribution is 2.23. The Labute approximate surface area is 122 Å². The van der Waals surface area contributed by atoms with Gasteiger partial charge in [0.2, 0.25) is 0 Å². The molecule has 3 aromatic rings. The lowest BCUT2D eigenvalue weighted by atomic mass is 10.2. The van der Waals surface area contributed by atoms with Crippen LogP contribution in [0.4, 0.5) is 5.82 Å². The summed E-state index contributed by atoms with van der Waals surface area (Å²) in [6.07, 6.45) is 3.55. The Morgan fingerprint density at radius 2 is 2.24 bits per heavy atom. The van der Waals surface area contributed by atoms with Gasteiger partial charge in [0.25, 0.3) is 0 Å². The molecule has 6 heteroatoms. The number of aryl methyl sites for hydroxylation is 2. The smallest absolute Gasteiger partial charge is 0.152 e. The number of methoxy groups -OCH3 is 1. The molecule has 0 bridgehead atoms. The van der Waals surface area contributed by atoms with E-state index in [2.05, 4.69) is 15.4 Å². The second kappa shape index (κ2) is 5.57. The maximum atomic E-state index is 5.69. The maximum Gasteiger partial charge on any atom is 0.152 e. The van der Waals surface area contributed by atoms with E-state index in [0.29, 0.717) is 6.61 Å². The summed E-state index contributed by atoms with van der Waals surface area (Å²) < 4.78 is 12.8. The first-order valence-corrected chi connectivity index (χ1v) is 6.80. The van der Waals surface area contributed by atoms with Gasteiger partial charge >= 0.3 is 0 Å². The van der Waals surface area contributed by atoms with Crippen molar-refractivity contribution >= 4 is 11.3 Å². The summed E-state index contributed by atoms with van der Waals surface area (Å²) >= 11 is 0. The minimum atomic E-state index is -0.0994. The Bertz CT molecular complexity index is 747. The van der Waals surface area contributed by atoms with Crippen molar-refractivity contribution in [3.63, 3.8) is 0 Å². The molecule has 0 fully saturated rings. The summed E-state index contributed by atoms with van der Waals surface area (Å²) in [7, 11) is 1.67. The maximum absolute atomic E-state index is 5.69. The Hall–Kier alpha value is -2.34. The van der Waals surface area contributed by atoms with Gasteiger partial charge in [-0.1, -0.05) is 0 Å². The van der Waals surface area contributed by atoms with E-state index in [1.54, 1.807) is 13.3 Å². The predicted octanol–water partition coefficient (Wildman–Crippen LogP) is 2.74. The largest absolute Gasteiger partial charge is 0.464 e. The van der Waals surface area contributed by atoms with Gasteiger partial charge in [-0.3, -0.25) is 0 Å². The first-order valence-electron chi connectivity index (χ1n) is 6.80. The van der Waals surface area contributed by atoms with Crippen molar-refractivity contribution in [2.24, 2.45) is 0 Å². The highest BCUT2D eigenvalue weighted by Gasteiger charge is 2.17. The molecule has 0 aliphatic rings. The van der Waals surface area contributed by atoms with Crippen molar-refractivity contribution in [2.45, 2.75) is 19.9 Å². The quantitative estimate of drug-likeness (QED) is 0.781. The first kappa shape index (κ1) is 13.6. The number of rotatable bonds is 5. The van der Waals surface area contributed by atoms with Gasteiger partial charge in [-0.2, -0.15) is 5.10 Å². The summed E-state index contributed by atoms with van der Waals surface area (Å²) in [5.41, 5.74) is 1.88. The van der Waals surface area contributed by atoms with Gasteiger partial charge in [-0.25, -0.2) is 9.50 Å². The lowest BCUT2D eigenvalue weighted by molar-refractivity contribution is 0.178. The molecule has 0 spiro atoms. The first-order chi connectivity index (χ1) is 10.2.